The van der Waals surface area contributed by atoms with Gasteiger partial charge < -0.3 is 16.2 Å². The Balaban J connectivity index is 2.24. The molecule has 0 aliphatic rings. The average Bonchev–Trinajstić information content (AvgIpc) is 2.35. The smallest absolute Gasteiger partial charge is 0.320 e. The van der Waals surface area contributed by atoms with Crippen molar-refractivity contribution in [3.63, 3.8) is 0 Å². The molecule has 0 aliphatic carbocycles. The lowest BCUT2D eigenvalue weighted by Gasteiger charge is -2.07. The van der Waals surface area contributed by atoms with Crippen LogP contribution in [0.25, 0.3) is 0 Å². The number of aliphatic carboxylic acids is 1. The molecule has 1 rings (SSSR count). The number of aromatic nitrogens is 1. The van der Waals surface area contributed by atoms with Crippen LogP contribution < -0.4 is 11.1 Å². The van der Waals surface area contributed by atoms with Gasteiger partial charge in [-0.25, -0.2) is 0 Å². The quantitative estimate of drug-likeness (QED) is 0.604. The zero-order chi connectivity index (χ0) is 12.7. The number of hydrogen-bond donors (Lipinski definition) is 3. The van der Waals surface area contributed by atoms with Gasteiger partial charge in [0.2, 0.25) is 0 Å². The summed E-state index contributed by atoms with van der Waals surface area (Å²) in [5, 5.41) is 11.2. The van der Waals surface area contributed by atoms with E-state index in [1.807, 2.05) is 0 Å². The van der Waals surface area contributed by atoms with Crippen molar-refractivity contribution >= 4 is 11.9 Å². The Labute approximate surface area is 98.8 Å². The lowest BCUT2D eigenvalue weighted by atomic mass is 10.2. The Kier molecular flexibility index (Phi) is 5.09. The molecular weight excluding hydrogens is 222 g/mol. The standard InChI is InChI=1S/C11H15N3O3/c12-8(11(16)17)4-3-7-14-10(15)9-5-1-2-6-13-9/h1-2,5-6,8H,3-4,7,12H2,(H,14,15)(H,16,17)/t8-/m0/s1. The van der Waals surface area contributed by atoms with E-state index in [2.05, 4.69) is 10.3 Å². The second-order valence-electron chi connectivity index (χ2n) is 3.56. The fraction of sp³-hybridized carbons (Fsp3) is 0.364. The van der Waals surface area contributed by atoms with Crippen LogP contribution in [0.4, 0.5) is 0 Å². The van der Waals surface area contributed by atoms with Crippen LogP contribution in [0.2, 0.25) is 0 Å². The normalized spacial score (nSPS) is 11.8. The molecule has 6 nitrogen and oxygen atoms in total. The van der Waals surface area contributed by atoms with E-state index < -0.39 is 12.0 Å². The first-order valence-corrected chi connectivity index (χ1v) is 5.29. The van der Waals surface area contributed by atoms with Crippen molar-refractivity contribution in [2.45, 2.75) is 18.9 Å². The molecule has 0 aromatic carbocycles. The molecule has 17 heavy (non-hydrogen) atoms. The van der Waals surface area contributed by atoms with Crippen molar-refractivity contribution < 1.29 is 14.7 Å². The fourth-order valence-electron chi connectivity index (χ4n) is 1.24. The number of carbonyl (C=O) groups is 2. The van der Waals surface area contributed by atoms with Crippen LogP contribution in [0.5, 0.6) is 0 Å². The maximum absolute atomic E-state index is 11.5. The molecule has 0 unspecified atom stereocenters. The van der Waals surface area contributed by atoms with Crippen molar-refractivity contribution in [1.29, 1.82) is 0 Å². The van der Waals surface area contributed by atoms with E-state index in [0.717, 1.165) is 0 Å². The van der Waals surface area contributed by atoms with Gasteiger partial charge in [-0.3, -0.25) is 14.6 Å². The predicted octanol–water partition coefficient (Wildman–Crippen LogP) is 0.00350. The van der Waals surface area contributed by atoms with Gasteiger partial charge in [-0.15, -0.1) is 0 Å². The molecule has 1 heterocycles. The monoisotopic (exact) mass is 237 g/mol. The number of carbonyl (C=O) groups excluding carboxylic acids is 1. The van der Waals surface area contributed by atoms with E-state index in [4.69, 9.17) is 10.8 Å². The van der Waals surface area contributed by atoms with Crippen LogP contribution in [0.1, 0.15) is 23.3 Å². The highest BCUT2D eigenvalue weighted by Gasteiger charge is 2.11. The van der Waals surface area contributed by atoms with E-state index in [9.17, 15) is 9.59 Å². The summed E-state index contributed by atoms with van der Waals surface area (Å²) in [4.78, 5) is 25.8. The lowest BCUT2D eigenvalue weighted by molar-refractivity contribution is -0.138. The maximum atomic E-state index is 11.5. The number of pyridine rings is 1. The number of nitrogens with zero attached hydrogens (tertiary/aromatic N) is 1. The Bertz CT molecular complexity index is 381. The zero-order valence-corrected chi connectivity index (χ0v) is 9.30. The van der Waals surface area contributed by atoms with Gasteiger partial charge in [-0.05, 0) is 25.0 Å². The number of rotatable bonds is 6. The molecule has 0 saturated carbocycles. The average molecular weight is 237 g/mol. The number of nitrogens with two attached hydrogens (primary N) is 1. The van der Waals surface area contributed by atoms with E-state index in [-0.39, 0.29) is 5.91 Å². The number of amides is 1. The molecule has 0 bridgehead atoms. The third-order valence-electron chi connectivity index (χ3n) is 2.19. The molecule has 0 spiro atoms. The number of nitrogens with one attached hydrogen (secondary N) is 1. The summed E-state index contributed by atoms with van der Waals surface area (Å²) < 4.78 is 0. The van der Waals surface area contributed by atoms with Crippen LogP contribution in [0, 0.1) is 0 Å². The Morgan fingerprint density at radius 2 is 2.24 bits per heavy atom. The molecule has 92 valence electrons. The van der Waals surface area contributed by atoms with Crippen LogP contribution in [0.3, 0.4) is 0 Å². The predicted molar refractivity (Wildman–Crippen MR) is 61.4 cm³/mol. The second-order valence-corrected chi connectivity index (χ2v) is 3.56. The van der Waals surface area contributed by atoms with Crippen molar-refractivity contribution in [2.24, 2.45) is 5.73 Å². The first kappa shape index (κ1) is 13.1. The summed E-state index contributed by atoms with van der Waals surface area (Å²) in [5.74, 6) is -1.30. The van der Waals surface area contributed by atoms with E-state index >= 15 is 0 Å². The number of carboxylic acid groups (broad SMARTS) is 1. The molecule has 0 radical (unpaired) electrons. The summed E-state index contributed by atoms with van der Waals surface area (Å²) in [5.41, 5.74) is 5.66. The van der Waals surface area contributed by atoms with Gasteiger partial charge in [-0.1, -0.05) is 6.07 Å². The molecule has 0 aliphatic heterocycles. The third-order valence-corrected chi connectivity index (χ3v) is 2.19. The highest BCUT2D eigenvalue weighted by molar-refractivity contribution is 5.92. The summed E-state index contributed by atoms with van der Waals surface area (Å²) in [6.07, 6.45) is 2.39. The van der Waals surface area contributed by atoms with Gasteiger partial charge in [-0.2, -0.15) is 0 Å². The van der Waals surface area contributed by atoms with E-state index in [0.29, 0.717) is 25.1 Å². The zero-order valence-electron chi connectivity index (χ0n) is 9.30. The Hall–Kier alpha value is -1.95. The summed E-state index contributed by atoms with van der Waals surface area (Å²) in [7, 11) is 0. The molecule has 4 N–H and O–H groups in total. The van der Waals surface area contributed by atoms with Crippen molar-refractivity contribution in [1.82, 2.24) is 10.3 Å². The summed E-state index contributed by atoms with van der Waals surface area (Å²) in [6, 6.07) is 4.19. The highest BCUT2D eigenvalue weighted by Crippen LogP contribution is 1.95. The van der Waals surface area contributed by atoms with Gasteiger partial charge >= 0.3 is 5.97 Å². The van der Waals surface area contributed by atoms with Crippen molar-refractivity contribution in [2.75, 3.05) is 6.54 Å². The molecule has 6 heteroatoms. The van der Waals surface area contributed by atoms with Crippen LogP contribution >= 0.6 is 0 Å². The first-order chi connectivity index (χ1) is 8.11. The van der Waals surface area contributed by atoms with Gasteiger partial charge in [0.15, 0.2) is 0 Å². The molecule has 0 saturated heterocycles. The molecule has 1 atom stereocenters. The third kappa shape index (κ3) is 4.60. The molecule has 1 aromatic rings. The Morgan fingerprint density at radius 3 is 2.82 bits per heavy atom. The van der Waals surface area contributed by atoms with E-state index in [1.165, 1.54) is 6.20 Å². The SMILES string of the molecule is N[C@@H](CCCNC(=O)c1ccccn1)C(=O)O. The topological polar surface area (TPSA) is 105 Å². The van der Waals surface area contributed by atoms with Gasteiger partial charge in [0, 0.05) is 12.7 Å². The minimum Gasteiger partial charge on any atom is -0.480 e. The largest absolute Gasteiger partial charge is 0.480 e. The van der Waals surface area contributed by atoms with E-state index in [1.54, 1.807) is 18.2 Å². The van der Waals surface area contributed by atoms with Gasteiger partial charge in [0.25, 0.3) is 5.91 Å². The lowest BCUT2D eigenvalue weighted by Crippen LogP contribution is -2.32. The van der Waals surface area contributed by atoms with Crippen LogP contribution in [-0.4, -0.2) is 34.6 Å². The van der Waals surface area contributed by atoms with Crippen molar-refractivity contribution in [3.05, 3.63) is 30.1 Å². The van der Waals surface area contributed by atoms with Crippen LogP contribution in [-0.2, 0) is 4.79 Å². The summed E-state index contributed by atoms with van der Waals surface area (Å²) in [6.45, 7) is 0.385. The molecule has 1 amide bonds. The van der Waals surface area contributed by atoms with Gasteiger partial charge in [0.1, 0.15) is 11.7 Å². The molecule has 1 aromatic heterocycles. The minimum atomic E-state index is -1.03. The molecule has 0 fully saturated rings. The minimum absolute atomic E-state index is 0.269. The second kappa shape index (κ2) is 6.59. The Morgan fingerprint density at radius 1 is 1.47 bits per heavy atom. The number of hydrogen-bond acceptors (Lipinski definition) is 4. The van der Waals surface area contributed by atoms with Crippen LogP contribution in [0.15, 0.2) is 24.4 Å². The summed E-state index contributed by atoms with van der Waals surface area (Å²) >= 11 is 0. The highest BCUT2D eigenvalue weighted by atomic mass is 16.4. The maximum Gasteiger partial charge on any atom is 0.320 e. The molecular formula is C11H15N3O3. The first-order valence-electron chi connectivity index (χ1n) is 5.29. The van der Waals surface area contributed by atoms with Gasteiger partial charge in [0.05, 0.1) is 0 Å². The fourth-order valence-corrected chi connectivity index (χ4v) is 1.24. The number of carboxylic acids is 1. The van der Waals surface area contributed by atoms with Crippen molar-refractivity contribution in [3.8, 4) is 0 Å².